The van der Waals surface area contributed by atoms with E-state index in [1.807, 2.05) is 0 Å². The van der Waals surface area contributed by atoms with Crippen molar-refractivity contribution in [3.8, 4) is 0 Å². The van der Waals surface area contributed by atoms with E-state index < -0.39 is 0 Å². The first kappa shape index (κ1) is 16.0. The minimum Gasteiger partial charge on any atom is -0.389 e. The standard InChI is InChI=1S/C17H31NO2/c1-14-5-4-8-17(11-14)20-13-16(19)12-18-10-9-15-6-2-3-7-15/h6,14,16-19H,2-5,7-13H2,1H3. The Hall–Kier alpha value is -0.380. The van der Waals surface area contributed by atoms with Crippen molar-refractivity contribution in [2.45, 2.75) is 70.5 Å². The van der Waals surface area contributed by atoms with Crippen LogP contribution in [0.3, 0.4) is 0 Å². The fourth-order valence-corrected chi connectivity index (χ4v) is 3.32. The third-order valence-corrected chi connectivity index (χ3v) is 4.55. The van der Waals surface area contributed by atoms with Gasteiger partial charge in [0.05, 0.1) is 18.8 Å². The molecule has 0 spiro atoms. The molecule has 0 radical (unpaired) electrons. The van der Waals surface area contributed by atoms with E-state index in [1.165, 1.54) is 38.5 Å². The maximum absolute atomic E-state index is 9.94. The molecule has 0 bridgehead atoms. The summed E-state index contributed by atoms with van der Waals surface area (Å²) >= 11 is 0. The maximum atomic E-state index is 9.94. The molecule has 3 nitrogen and oxygen atoms in total. The number of hydrogen-bond acceptors (Lipinski definition) is 3. The van der Waals surface area contributed by atoms with Gasteiger partial charge in [0.25, 0.3) is 0 Å². The van der Waals surface area contributed by atoms with Crippen LogP contribution in [-0.4, -0.2) is 37.0 Å². The van der Waals surface area contributed by atoms with Gasteiger partial charge in [0.1, 0.15) is 0 Å². The average molecular weight is 281 g/mol. The molecule has 0 heterocycles. The summed E-state index contributed by atoms with van der Waals surface area (Å²) in [5, 5.41) is 13.3. The lowest BCUT2D eigenvalue weighted by atomic mass is 9.89. The highest BCUT2D eigenvalue weighted by Gasteiger charge is 2.20. The average Bonchev–Trinajstić information content (AvgIpc) is 2.95. The molecular formula is C17H31NO2. The molecule has 2 aliphatic carbocycles. The predicted molar refractivity (Wildman–Crippen MR) is 82.8 cm³/mol. The molecule has 2 N–H and O–H groups in total. The molecule has 3 atom stereocenters. The fraction of sp³-hybridized carbons (Fsp3) is 0.882. The highest BCUT2D eigenvalue weighted by atomic mass is 16.5. The molecule has 3 unspecified atom stereocenters. The largest absolute Gasteiger partial charge is 0.389 e. The van der Waals surface area contributed by atoms with Gasteiger partial charge in [-0.1, -0.05) is 31.4 Å². The van der Waals surface area contributed by atoms with Crippen molar-refractivity contribution in [2.75, 3.05) is 19.7 Å². The maximum Gasteiger partial charge on any atom is 0.0897 e. The lowest BCUT2D eigenvalue weighted by molar-refractivity contribution is -0.0305. The van der Waals surface area contributed by atoms with Crippen molar-refractivity contribution in [3.63, 3.8) is 0 Å². The van der Waals surface area contributed by atoms with Crippen LogP contribution in [0, 0.1) is 5.92 Å². The number of aliphatic hydroxyl groups excluding tert-OH is 1. The Bertz CT molecular complexity index is 303. The van der Waals surface area contributed by atoms with Crippen LogP contribution >= 0.6 is 0 Å². The van der Waals surface area contributed by atoms with Gasteiger partial charge in [-0.3, -0.25) is 0 Å². The smallest absolute Gasteiger partial charge is 0.0897 e. The molecule has 116 valence electrons. The summed E-state index contributed by atoms with van der Waals surface area (Å²) in [6, 6.07) is 0. The van der Waals surface area contributed by atoms with Gasteiger partial charge in [0, 0.05) is 6.54 Å². The van der Waals surface area contributed by atoms with Crippen LogP contribution in [0.15, 0.2) is 11.6 Å². The van der Waals surface area contributed by atoms with Crippen molar-refractivity contribution < 1.29 is 9.84 Å². The van der Waals surface area contributed by atoms with E-state index in [2.05, 4.69) is 18.3 Å². The van der Waals surface area contributed by atoms with E-state index in [-0.39, 0.29) is 6.10 Å². The van der Waals surface area contributed by atoms with Gasteiger partial charge in [-0.2, -0.15) is 0 Å². The van der Waals surface area contributed by atoms with Crippen LogP contribution in [0.25, 0.3) is 0 Å². The highest BCUT2D eigenvalue weighted by molar-refractivity contribution is 5.07. The van der Waals surface area contributed by atoms with E-state index in [0.717, 1.165) is 25.3 Å². The van der Waals surface area contributed by atoms with Crippen LogP contribution < -0.4 is 5.32 Å². The van der Waals surface area contributed by atoms with Gasteiger partial charge in [0.15, 0.2) is 0 Å². The fourth-order valence-electron chi connectivity index (χ4n) is 3.32. The van der Waals surface area contributed by atoms with E-state index >= 15 is 0 Å². The van der Waals surface area contributed by atoms with Crippen LogP contribution in [0.5, 0.6) is 0 Å². The monoisotopic (exact) mass is 281 g/mol. The summed E-state index contributed by atoms with van der Waals surface area (Å²) < 4.78 is 5.84. The van der Waals surface area contributed by atoms with Crippen molar-refractivity contribution in [1.82, 2.24) is 5.32 Å². The number of aliphatic hydroxyl groups is 1. The molecule has 0 amide bonds. The van der Waals surface area contributed by atoms with Crippen LogP contribution in [-0.2, 0) is 4.74 Å². The molecule has 0 aliphatic heterocycles. The highest BCUT2D eigenvalue weighted by Crippen LogP contribution is 2.25. The summed E-state index contributed by atoms with van der Waals surface area (Å²) in [5.41, 5.74) is 1.58. The first-order valence-corrected chi connectivity index (χ1v) is 8.42. The SMILES string of the molecule is CC1CCCC(OCC(O)CNCCC2=CCCC2)C1. The molecule has 2 rings (SSSR count). The molecule has 0 aromatic heterocycles. The zero-order valence-corrected chi connectivity index (χ0v) is 12.9. The van der Waals surface area contributed by atoms with Crippen LogP contribution in [0.1, 0.15) is 58.3 Å². The van der Waals surface area contributed by atoms with E-state index in [9.17, 15) is 5.11 Å². The van der Waals surface area contributed by atoms with Gasteiger partial charge in [-0.05, 0) is 51.0 Å². The number of ether oxygens (including phenoxy) is 1. The van der Waals surface area contributed by atoms with Gasteiger partial charge >= 0.3 is 0 Å². The van der Waals surface area contributed by atoms with Crippen molar-refractivity contribution in [1.29, 1.82) is 0 Å². The van der Waals surface area contributed by atoms with Gasteiger partial charge < -0.3 is 15.2 Å². The summed E-state index contributed by atoms with van der Waals surface area (Å²) in [4.78, 5) is 0. The number of allylic oxidation sites excluding steroid dienone is 1. The summed E-state index contributed by atoms with van der Waals surface area (Å²) in [7, 11) is 0. The summed E-state index contributed by atoms with van der Waals surface area (Å²) in [6.45, 7) is 4.40. The topological polar surface area (TPSA) is 41.5 Å². The number of hydrogen-bond donors (Lipinski definition) is 2. The van der Waals surface area contributed by atoms with Crippen LogP contribution in [0.2, 0.25) is 0 Å². The lowest BCUT2D eigenvalue weighted by Gasteiger charge is -2.27. The van der Waals surface area contributed by atoms with Gasteiger partial charge in [-0.25, -0.2) is 0 Å². The minimum atomic E-state index is -0.371. The molecule has 3 heteroatoms. The zero-order chi connectivity index (χ0) is 14.2. The van der Waals surface area contributed by atoms with Crippen molar-refractivity contribution >= 4 is 0 Å². The first-order valence-electron chi connectivity index (χ1n) is 8.42. The predicted octanol–water partition coefficient (Wildman–Crippen LogP) is 3.03. The van der Waals surface area contributed by atoms with Gasteiger partial charge in [-0.15, -0.1) is 0 Å². The second-order valence-corrected chi connectivity index (χ2v) is 6.59. The molecule has 20 heavy (non-hydrogen) atoms. The van der Waals surface area contributed by atoms with E-state index in [4.69, 9.17) is 4.74 Å². The molecular weight excluding hydrogens is 250 g/mol. The number of rotatable bonds is 8. The Kier molecular flexibility index (Phi) is 7.05. The van der Waals surface area contributed by atoms with E-state index in [0.29, 0.717) is 19.3 Å². The molecule has 2 aliphatic rings. The number of nitrogens with one attached hydrogen (secondary N) is 1. The molecule has 1 saturated carbocycles. The Labute approximate surface area is 123 Å². The third kappa shape index (κ3) is 5.94. The second kappa shape index (κ2) is 8.81. The van der Waals surface area contributed by atoms with Crippen LogP contribution in [0.4, 0.5) is 0 Å². The summed E-state index contributed by atoms with van der Waals surface area (Å²) in [6.07, 6.45) is 12.3. The second-order valence-electron chi connectivity index (χ2n) is 6.59. The Morgan fingerprint density at radius 1 is 1.40 bits per heavy atom. The normalized spacial score (nSPS) is 28.4. The molecule has 0 aromatic rings. The molecule has 0 aromatic carbocycles. The molecule has 0 saturated heterocycles. The van der Waals surface area contributed by atoms with Crippen molar-refractivity contribution in [2.24, 2.45) is 5.92 Å². The summed E-state index contributed by atoms with van der Waals surface area (Å²) in [5.74, 6) is 0.781. The lowest BCUT2D eigenvalue weighted by Crippen LogP contribution is -2.33. The quantitative estimate of drug-likeness (QED) is 0.531. The zero-order valence-electron chi connectivity index (χ0n) is 12.9. The Morgan fingerprint density at radius 3 is 3.05 bits per heavy atom. The Balaban J connectivity index is 1.48. The third-order valence-electron chi connectivity index (χ3n) is 4.55. The minimum absolute atomic E-state index is 0.371. The van der Waals surface area contributed by atoms with Crippen molar-refractivity contribution in [3.05, 3.63) is 11.6 Å². The molecule has 1 fully saturated rings. The first-order chi connectivity index (χ1) is 9.74. The van der Waals surface area contributed by atoms with E-state index in [1.54, 1.807) is 5.57 Å². The van der Waals surface area contributed by atoms with Gasteiger partial charge in [0.2, 0.25) is 0 Å². The Morgan fingerprint density at radius 2 is 2.30 bits per heavy atom.